The highest BCUT2D eigenvalue weighted by atomic mass is 19.4. The Kier molecular flexibility index (Phi) is 5.64. The second kappa shape index (κ2) is 8.48. The number of fused-ring (bicyclic) bond motifs is 2. The molecule has 1 aromatic carbocycles. The fraction of sp³-hybridized carbons (Fsp3) is 0.381. The fourth-order valence-corrected chi connectivity index (χ4v) is 4.24. The van der Waals surface area contributed by atoms with Crippen LogP contribution in [0.4, 0.5) is 32.3 Å². The number of benzene rings is 1. The summed E-state index contributed by atoms with van der Waals surface area (Å²) in [6, 6.07) is 2.62. The predicted octanol–water partition coefficient (Wildman–Crippen LogP) is 3.13. The van der Waals surface area contributed by atoms with Gasteiger partial charge in [0.2, 0.25) is 17.7 Å². The van der Waals surface area contributed by atoms with E-state index in [2.05, 4.69) is 25.7 Å². The van der Waals surface area contributed by atoms with Crippen LogP contribution in [-0.2, 0) is 11.3 Å². The van der Waals surface area contributed by atoms with Crippen LogP contribution in [0.5, 0.6) is 5.88 Å². The van der Waals surface area contributed by atoms with Gasteiger partial charge >= 0.3 is 6.18 Å². The lowest BCUT2D eigenvalue weighted by atomic mass is 10.1. The molecule has 0 radical (unpaired) electrons. The van der Waals surface area contributed by atoms with E-state index < -0.39 is 43.0 Å². The second-order valence-electron chi connectivity index (χ2n) is 8.51. The number of hydrogen-bond donors (Lipinski definition) is 1. The van der Waals surface area contributed by atoms with E-state index in [1.807, 2.05) is 0 Å². The summed E-state index contributed by atoms with van der Waals surface area (Å²) in [6.07, 6.45) is -3.59. The highest BCUT2D eigenvalue weighted by Gasteiger charge is 2.49. The summed E-state index contributed by atoms with van der Waals surface area (Å²) in [5.41, 5.74) is 0.288. The van der Waals surface area contributed by atoms with Crippen molar-refractivity contribution in [1.29, 1.82) is 0 Å². The van der Waals surface area contributed by atoms with Gasteiger partial charge in [0, 0.05) is 13.5 Å². The van der Waals surface area contributed by atoms with Crippen LogP contribution in [-0.4, -0.2) is 78.7 Å². The lowest BCUT2D eigenvalue weighted by molar-refractivity contribution is -0.142. The van der Waals surface area contributed by atoms with Crippen LogP contribution in [0.2, 0.25) is 0 Å². The molecule has 0 bridgehead atoms. The number of amides is 1. The number of alkyl halides is 5. The third-order valence-corrected chi connectivity index (χ3v) is 5.94. The summed E-state index contributed by atoms with van der Waals surface area (Å²) in [6.45, 7) is -1.28. The zero-order valence-electron chi connectivity index (χ0n) is 19.2. The van der Waals surface area contributed by atoms with E-state index in [1.165, 1.54) is 32.2 Å². The molecule has 0 aliphatic carbocycles. The monoisotopic (exact) mass is 528 g/mol. The molecule has 196 valence electrons. The van der Waals surface area contributed by atoms with Gasteiger partial charge in [-0.2, -0.15) is 18.2 Å². The molecule has 1 aliphatic rings. The molecule has 4 heterocycles. The number of carbonyl (C=O) groups is 1. The molecule has 1 N–H and O–H groups in total. The van der Waals surface area contributed by atoms with Gasteiger partial charge in [0.1, 0.15) is 23.6 Å². The smallest absolute Gasteiger partial charge is 0.408 e. The van der Waals surface area contributed by atoms with E-state index in [4.69, 9.17) is 4.74 Å². The standard InChI is InChI=1S/C21H18F6N8O2/c1-10(36)33-7-15(20(23,24)8-33)28-19-29-18(37-2)17-16(12(22)6-34(17)31-19)11-3-4-13-14(5-11)35(32-30-13)9-21(25,26)27/h3-6,15H,7-9H2,1-2H3,(H,28,31)/t15-/m1/s1. The third-order valence-electron chi connectivity index (χ3n) is 5.94. The molecule has 1 saturated heterocycles. The Balaban J connectivity index is 1.55. The zero-order valence-corrected chi connectivity index (χ0v) is 19.2. The number of nitrogens with zero attached hydrogens (tertiary/aromatic N) is 7. The topological polar surface area (TPSA) is 102 Å². The molecule has 0 saturated carbocycles. The van der Waals surface area contributed by atoms with Gasteiger partial charge in [-0.05, 0) is 17.7 Å². The zero-order chi connectivity index (χ0) is 26.7. The molecule has 16 heteroatoms. The maximum atomic E-state index is 15.2. The van der Waals surface area contributed by atoms with E-state index in [0.717, 1.165) is 15.6 Å². The summed E-state index contributed by atoms with van der Waals surface area (Å²) in [7, 11) is 1.23. The van der Waals surface area contributed by atoms with Gasteiger partial charge in [-0.1, -0.05) is 11.3 Å². The average Bonchev–Trinajstić information content (AvgIpc) is 3.44. The second-order valence-corrected chi connectivity index (χ2v) is 8.51. The van der Waals surface area contributed by atoms with Gasteiger partial charge in [0.05, 0.1) is 30.9 Å². The Morgan fingerprint density at radius 3 is 2.70 bits per heavy atom. The highest BCUT2D eigenvalue weighted by molar-refractivity contribution is 5.89. The first-order chi connectivity index (χ1) is 17.4. The van der Waals surface area contributed by atoms with Crippen molar-refractivity contribution in [3.05, 3.63) is 30.2 Å². The quantitative estimate of drug-likeness (QED) is 0.397. The van der Waals surface area contributed by atoms with Gasteiger partial charge in [0.15, 0.2) is 5.82 Å². The number of anilines is 1. The summed E-state index contributed by atoms with van der Waals surface area (Å²) < 4.78 is 89.8. The molecule has 1 aliphatic heterocycles. The molecule has 1 fully saturated rings. The van der Waals surface area contributed by atoms with Crippen molar-refractivity contribution < 1.29 is 35.9 Å². The molecule has 1 atom stereocenters. The van der Waals surface area contributed by atoms with Crippen LogP contribution in [0.3, 0.4) is 0 Å². The number of ether oxygens (including phenoxy) is 1. The van der Waals surface area contributed by atoms with Crippen molar-refractivity contribution in [2.24, 2.45) is 0 Å². The molecular weight excluding hydrogens is 510 g/mol. The summed E-state index contributed by atoms with van der Waals surface area (Å²) in [5, 5.41) is 13.8. The third kappa shape index (κ3) is 4.46. The van der Waals surface area contributed by atoms with E-state index in [9.17, 15) is 26.7 Å². The Labute approximate surface area is 203 Å². The Hall–Kier alpha value is -4.11. The minimum atomic E-state index is -4.55. The maximum Gasteiger partial charge on any atom is 0.408 e. The molecule has 1 amide bonds. The van der Waals surface area contributed by atoms with E-state index in [1.54, 1.807) is 0 Å². The Bertz CT molecular complexity index is 1510. The number of methoxy groups -OCH3 is 1. The van der Waals surface area contributed by atoms with Crippen LogP contribution in [0.1, 0.15) is 6.92 Å². The minimum Gasteiger partial charge on any atom is -0.479 e. The first-order valence-electron chi connectivity index (χ1n) is 10.8. The molecule has 0 unspecified atom stereocenters. The number of hydrogen-bond acceptors (Lipinski definition) is 7. The Morgan fingerprint density at radius 2 is 2.05 bits per heavy atom. The molecule has 10 nitrogen and oxygen atoms in total. The minimum absolute atomic E-state index is 0.0169. The van der Waals surface area contributed by atoms with E-state index in [0.29, 0.717) is 4.68 Å². The lowest BCUT2D eigenvalue weighted by Gasteiger charge is -2.19. The Morgan fingerprint density at radius 1 is 1.30 bits per heavy atom. The van der Waals surface area contributed by atoms with Crippen molar-refractivity contribution >= 4 is 28.4 Å². The van der Waals surface area contributed by atoms with Gasteiger partial charge in [-0.15, -0.1) is 10.2 Å². The van der Waals surface area contributed by atoms with Crippen molar-refractivity contribution in [2.45, 2.75) is 31.6 Å². The summed E-state index contributed by atoms with van der Waals surface area (Å²) in [5.74, 6) is -5.08. The average molecular weight is 528 g/mol. The molecule has 0 spiro atoms. The van der Waals surface area contributed by atoms with Crippen LogP contribution in [0.15, 0.2) is 24.4 Å². The number of carbonyl (C=O) groups excluding carboxylic acids is 1. The normalized spacial score (nSPS) is 17.6. The number of likely N-dealkylation sites (tertiary alicyclic amines) is 1. The number of nitrogens with one attached hydrogen (secondary N) is 1. The van der Waals surface area contributed by atoms with E-state index >= 15 is 4.39 Å². The van der Waals surface area contributed by atoms with Crippen molar-refractivity contribution in [3.8, 4) is 17.0 Å². The molecule has 5 rings (SSSR count). The van der Waals surface area contributed by atoms with Crippen molar-refractivity contribution in [3.63, 3.8) is 0 Å². The first-order valence-corrected chi connectivity index (χ1v) is 10.8. The van der Waals surface area contributed by atoms with Gasteiger partial charge in [-0.3, -0.25) is 4.79 Å². The number of aromatic nitrogens is 6. The van der Waals surface area contributed by atoms with Crippen LogP contribution >= 0.6 is 0 Å². The highest BCUT2D eigenvalue weighted by Crippen LogP contribution is 2.36. The van der Waals surface area contributed by atoms with Gasteiger partial charge in [-0.25, -0.2) is 22.4 Å². The van der Waals surface area contributed by atoms with Crippen LogP contribution in [0, 0.1) is 5.82 Å². The lowest BCUT2D eigenvalue weighted by Crippen LogP contribution is -2.38. The maximum absolute atomic E-state index is 15.2. The first kappa shape index (κ1) is 24.6. The summed E-state index contributed by atoms with van der Waals surface area (Å²) in [4.78, 5) is 16.6. The van der Waals surface area contributed by atoms with Crippen molar-refractivity contribution in [2.75, 3.05) is 25.5 Å². The molecule has 3 aromatic heterocycles. The summed E-state index contributed by atoms with van der Waals surface area (Å²) >= 11 is 0. The number of halogens is 6. The predicted molar refractivity (Wildman–Crippen MR) is 117 cm³/mol. The SMILES string of the molecule is COc1nc(N[C@@H]2CN(C(C)=O)CC2(F)F)nn2cc(F)c(-c3ccc4nnn(CC(F)(F)F)c4c3)c12. The molecular formula is C21H18F6N8O2. The number of rotatable bonds is 5. The van der Waals surface area contributed by atoms with Crippen LogP contribution in [0.25, 0.3) is 27.7 Å². The molecule has 37 heavy (non-hydrogen) atoms. The van der Waals surface area contributed by atoms with Gasteiger partial charge in [0.25, 0.3) is 5.92 Å². The largest absolute Gasteiger partial charge is 0.479 e. The van der Waals surface area contributed by atoms with Crippen molar-refractivity contribution in [1.82, 2.24) is 34.5 Å². The molecule has 4 aromatic rings. The van der Waals surface area contributed by atoms with Crippen LogP contribution < -0.4 is 10.1 Å². The fourth-order valence-electron chi connectivity index (χ4n) is 4.24. The van der Waals surface area contributed by atoms with E-state index in [-0.39, 0.29) is 46.1 Å². The van der Waals surface area contributed by atoms with Gasteiger partial charge < -0.3 is 15.0 Å².